The van der Waals surface area contributed by atoms with Gasteiger partial charge in [-0.15, -0.1) is 0 Å². The molecule has 0 aliphatic heterocycles. The standard InChI is InChI=1S/C18H32N2O/c1-7-13-19-17(18(3,4)20(5)6)15-9-11-16(12-10-15)21-14-8-2/h9-12,17,19H,7-8,13-14H2,1-6H3. The molecule has 0 aromatic heterocycles. The fourth-order valence-corrected chi connectivity index (χ4v) is 2.30. The maximum atomic E-state index is 5.67. The van der Waals surface area contributed by atoms with Gasteiger partial charge in [0.25, 0.3) is 0 Å². The Morgan fingerprint density at radius 1 is 1.10 bits per heavy atom. The van der Waals surface area contributed by atoms with Crippen molar-refractivity contribution in [2.45, 2.75) is 52.1 Å². The third-order valence-corrected chi connectivity index (χ3v) is 4.14. The topological polar surface area (TPSA) is 24.5 Å². The highest BCUT2D eigenvalue weighted by atomic mass is 16.5. The van der Waals surface area contributed by atoms with E-state index in [1.54, 1.807) is 0 Å². The first-order chi connectivity index (χ1) is 9.93. The fourth-order valence-electron chi connectivity index (χ4n) is 2.30. The summed E-state index contributed by atoms with van der Waals surface area (Å²) in [4.78, 5) is 2.28. The van der Waals surface area contributed by atoms with Crippen molar-refractivity contribution >= 4 is 0 Å². The molecule has 0 heterocycles. The summed E-state index contributed by atoms with van der Waals surface area (Å²) in [6, 6.07) is 8.83. The van der Waals surface area contributed by atoms with Gasteiger partial charge in [0.05, 0.1) is 12.6 Å². The van der Waals surface area contributed by atoms with Crippen LogP contribution in [0.2, 0.25) is 0 Å². The van der Waals surface area contributed by atoms with Crippen molar-refractivity contribution in [1.82, 2.24) is 10.2 Å². The van der Waals surface area contributed by atoms with Gasteiger partial charge in [-0.1, -0.05) is 26.0 Å². The van der Waals surface area contributed by atoms with Crippen LogP contribution >= 0.6 is 0 Å². The molecule has 1 aromatic carbocycles. The largest absolute Gasteiger partial charge is 0.494 e. The van der Waals surface area contributed by atoms with Crippen LogP contribution < -0.4 is 10.1 Å². The molecule has 0 saturated heterocycles. The zero-order valence-electron chi connectivity index (χ0n) is 14.6. The summed E-state index contributed by atoms with van der Waals surface area (Å²) in [5, 5.41) is 3.69. The molecular formula is C18H32N2O. The Morgan fingerprint density at radius 2 is 1.71 bits per heavy atom. The molecular weight excluding hydrogens is 260 g/mol. The van der Waals surface area contributed by atoms with Gasteiger partial charge >= 0.3 is 0 Å². The third-order valence-electron chi connectivity index (χ3n) is 4.14. The van der Waals surface area contributed by atoms with E-state index in [0.717, 1.165) is 31.7 Å². The van der Waals surface area contributed by atoms with Gasteiger partial charge in [-0.05, 0) is 65.0 Å². The van der Waals surface area contributed by atoms with E-state index in [2.05, 4.69) is 76.3 Å². The smallest absolute Gasteiger partial charge is 0.119 e. The lowest BCUT2D eigenvalue weighted by atomic mass is 9.87. The first-order valence-electron chi connectivity index (χ1n) is 8.07. The summed E-state index contributed by atoms with van der Waals surface area (Å²) in [5.41, 5.74) is 1.35. The van der Waals surface area contributed by atoms with Gasteiger partial charge in [0.15, 0.2) is 0 Å². The molecule has 120 valence electrons. The molecule has 3 heteroatoms. The average molecular weight is 292 g/mol. The molecule has 1 unspecified atom stereocenters. The van der Waals surface area contributed by atoms with E-state index in [1.807, 2.05) is 0 Å². The van der Waals surface area contributed by atoms with Gasteiger partial charge in [-0.2, -0.15) is 0 Å². The predicted octanol–water partition coefficient (Wildman–Crippen LogP) is 3.86. The number of nitrogens with zero attached hydrogens (tertiary/aromatic N) is 1. The lowest BCUT2D eigenvalue weighted by Crippen LogP contribution is -2.49. The van der Waals surface area contributed by atoms with E-state index < -0.39 is 0 Å². The maximum Gasteiger partial charge on any atom is 0.119 e. The number of rotatable bonds is 9. The molecule has 1 rings (SSSR count). The maximum absolute atomic E-state index is 5.67. The Hall–Kier alpha value is -1.06. The average Bonchev–Trinajstić information content (AvgIpc) is 2.46. The van der Waals surface area contributed by atoms with E-state index in [1.165, 1.54) is 5.56 Å². The van der Waals surface area contributed by atoms with Crippen LogP contribution in [0.15, 0.2) is 24.3 Å². The first-order valence-corrected chi connectivity index (χ1v) is 8.07. The van der Waals surface area contributed by atoms with Crippen molar-refractivity contribution in [3.05, 3.63) is 29.8 Å². The van der Waals surface area contributed by atoms with Crippen LogP contribution in [-0.2, 0) is 0 Å². The number of nitrogens with one attached hydrogen (secondary N) is 1. The summed E-state index contributed by atoms with van der Waals surface area (Å²) >= 11 is 0. The van der Waals surface area contributed by atoms with Crippen LogP contribution in [0, 0.1) is 0 Å². The zero-order valence-corrected chi connectivity index (χ0v) is 14.6. The summed E-state index contributed by atoms with van der Waals surface area (Å²) < 4.78 is 5.67. The first kappa shape index (κ1) is 18.0. The molecule has 0 amide bonds. The van der Waals surface area contributed by atoms with E-state index in [4.69, 9.17) is 4.74 Å². The van der Waals surface area contributed by atoms with Crippen LogP contribution in [0.3, 0.4) is 0 Å². The van der Waals surface area contributed by atoms with Gasteiger partial charge < -0.3 is 15.0 Å². The van der Waals surface area contributed by atoms with Crippen molar-refractivity contribution in [3.8, 4) is 5.75 Å². The Morgan fingerprint density at radius 3 is 2.19 bits per heavy atom. The predicted molar refractivity (Wildman–Crippen MR) is 91.0 cm³/mol. The Bertz CT molecular complexity index is 398. The Kier molecular flexibility index (Phi) is 7.20. The van der Waals surface area contributed by atoms with Crippen LogP contribution in [0.5, 0.6) is 5.75 Å². The quantitative estimate of drug-likeness (QED) is 0.748. The summed E-state index contributed by atoms with van der Waals surface area (Å²) in [6.07, 6.45) is 2.17. The van der Waals surface area contributed by atoms with Crippen LogP contribution in [-0.4, -0.2) is 37.7 Å². The second-order valence-electron chi connectivity index (χ2n) is 6.35. The third kappa shape index (κ3) is 5.01. The van der Waals surface area contributed by atoms with E-state index in [9.17, 15) is 0 Å². The molecule has 0 saturated carbocycles. The summed E-state index contributed by atoms with van der Waals surface area (Å²) in [5.74, 6) is 0.956. The molecule has 0 radical (unpaired) electrons. The monoisotopic (exact) mass is 292 g/mol. The van der Waals surface area contributed by atoms with Gasteiger partial charge in [0.2, 0.25) is 0 Å². The molecule has 3 nitrogen and oxygen atoms in total. The lowest BCUT2D eigenvalue weighted by Gasteiger charge is -2.41. The lowest BCUT2D eigenvalue weighted by molar-refractivity contribution is 0.138. The normalized spacial score (nSPS) is 13.5. The summed E-state index contributed by atoms with van der Waals surface area (Å²) in [6.45, 7) is 10.7. The van der Waals surface area contributed by atoms with E-state index in [0.29, 0.717) is 6.04 Å². The number of hydrogen-bond donors (Lipinski definition) is 1. The SMILES string of the molecule is CCCNC(c1ccc(OCCC)cc1)C(C)(C)N(C)C. The van der Waals surface area contributed by atoms with Crippen molar-refractivity contribution < 1.29 is 4.74 Å². The number of ether oxygens (including phenoxy) is 1. The van der Waals surface area contributed by atoms with Crippen LogP contribution in [0.4, 0.5) is 0 Å². The molecule has 0 aliphatic rings. The number of benzene rings is 1. The molecule has 0 aliphatic carbocycles. The van der Waals surface area contributed by atoms with Crippen LogP contribution in [0.25, 0.3) is 0 Å². The molecule has 0 bridgehead atoms. The molecule has 0 spiro atoms. The fraction of sp³-hybridized carbons (Fsp3) is 0.667. The minimum Gasteiger partial charge on any atom is -0.494 e. The molecule has 21 heavy (non-hydrogen) atoms. The molecule has 1 aromatic rings. The van der Waals surface area contributed by atoms with Crippen molar-refractivity contribution in [3.63, 3.8) is 0 Å². The van der Waals surface area contributed by atoms with E-state index in [-0.39, 0.29) is 5.54 Å². The molecule has 1 atom stereocenters. The second-order valence-corrected chi connectivity index (χ2v) is 6.35. The highest BCUT2D eigenvalue weighted by Gasteiger charge is 2.32. The summed E-state index contributed by atoms with van der Waals surface area (Å²) in [7, 11) is 4.28. The Balaban J connectivity index is 2.92. The minimum atomic E-state index is 0.0426. The minimum absolute atomic E-state index is 0.0426. The van der Waals surface area contributed by atoms with Gasteiger partial charge in [0, 0.05) is 5.54 Å². The Labute approximate surface area is 130 Å². The van der Waals surface area contributed by atoms with Gasteiger partial charge in [0.1, 0.15) is 5.75 Å². The highest BCUT2D eigenvalue weighted by Crippen LogP contribution is 2.30. The molecule has 1 N–H and O–H groups in total. The van der Waals surface area contributed by atoms with Crippen molar-refractivity contribution in [2.75, 3.05) is 27.2 Å². The number of hydrogen-bond acceptors (Lipinski definition) is 3. The van der Waals surface area contributed by atoms with Gasteiger partial charge in [-0.25, -0.2) is 0 Å². The number of likely N-dealkylation sites (N-methyl/N-ethyl adjacent to an activating group) is 1. The molecule has 0 fully saturated rings. The zero-order chi connectivity index (χ0) is 15.9. The van der Waals surface area contributed by atoms with Gasteiger partial charge in [-0.3, -0.25) is 0 Å². The second kappa shape index (κ2) is 8.40. The van der Waals surface area contributed by atoms with Crippen molar-refractivity contribution in [1.29, 1.82) is 0 Å². The van der Waals surface area contributed by atoms with E-state index >= 15 is 0 Å². The highest BCUT2D eigenvalue weighted by molar-refractivity contribution is 5.31. The van der Waals surface area contributed by atoms with Crippen LogP contribution in [0.1, 0.15) is 52.1 Å². The van der Waals surface area contributed by atoms with Crippen molar-refractivity contribution in [2.24, 2.45) is 0 Å².